The summed E-state index contributed by atoms with van der Waals surface area (Å²) in [6, 6.07) is 20.0. The predicted octanol–water partition coefficient (Wildman–Crippen LogP) is 5.79. The van der Waals surface area contributed by atoms with E-state index in [1.807, 2.05) is 42.5 Å². The van der Waals surface area contributed by atoms with E-state index in [-0.39, 0.29) is 17.6 Å². The quantitative estimate of drug-likeness (QED) is 0.583. The van der Waals surface area contributed by atoms with Crippen LogP contribution in [0.5, 0.6) is 11.5 Å². The van der Waals surface area contributed by atoms with Gasteiger partial charge < -0.3 is 14.8 Å². The van der Waals surface area contributed by atoms with Crippen LogP contribution in [0.3, 0.4) is 0 Å². The molecule has 0 saturated heterocycles. The second-order valence-corrected chi connectivity index (χ2v) is 7.48. The number of carbonyl (C=O) groups excluding carboxylic acids is 1. The molecule has 2 aliphatic rings. The first-order valence-corrected chi connectivity index (χ1v) is 9.85. The van der Waals surface area contributed by atoms with Crippen molar-refractivity contribution >= 4 is 11.6 Å². The zero-order valence-electron chi connectivity index (χ0n) is 16.0. The summed E-state index contributed by atoms with van der Waals surface area (Å²) in [5, 5.41) is 2.95. The fourth-order valence-electron chi connectivity index (χ4n) is 3.81. The maximum absolute atomic E-state index is 13.0. The molecule has 1 N–H and O–H groups in total. The van der Waals surface area contributed by atoms with Gasteiger partial charge in [0.15, 0.2) is 0 Å². The van der Waals surface area contributed by atoms with E-state index in [9.17, 15) is 13.6 Å². The number of halogens is 2. The highest BCUT2D eigenvalue weighted by molar-refractivity contribution is 5.95. The second kappa shape index (κ2) is 7.44. The minimum Gasteiger partial charge on any atom is -0.480 e. The highest BCUT2D eigenvalue weighted by Gasteiger charge is 2.32. The number of amides is 1. The number of rotatable bonds is 5. The van der Waals surface area contributed by atoms with E-state index < -0.39 is 12.7 Å². The summed E-state index contributed by atoms with van der Waals surface area (Å²) in [6.45, 7) is -2.94. The molecule has 30 heavy (non-hydrogen) atoms. The van der Waals surface area contributed by atoms with Crippen molar-refractivity contribution in [3.05, 3.63) is 77.9 Å². The number of fused-ring (bicyclic) bond motifs is 3. The maximum atomic E-state index is 13.0. The molecule has 0 bridgehead atoms. The van der Waals surface area contributed by atoms with Crippen LogP contribution >= 0.6 is 0 Å². The molecule has 1 atom stereocenters. The molecule has 0 radical (unpaired) electrons. The molecule has 1 heterocycles. The van der Waals surface area contributed by atoms with Gasteiger partial charge in [0.2, 0.25) is 5.91 Å². The standard InChI is InChI=1S/C24H19F2NO3/c25-24(26)30-20-8-4-7-19-21(20)17-12-11-16(27-23(28)15-9-10-15)13-18(17)22(29-19)14-5-2-1-3-6-14/h1-8,11-13,15,22,24H,9-10H2,(H,27,28). The van der Waals surface area contributed by atoms with E-state index in [0.717, 1.165) is 29.5 Å². The summed E-state index contributed by atoms with van der Waals surface area (Å²) in [7, 11) is 0. The van der Waals surface area contributed by atoms with Gasteiger partial charge in [-0.3, -0.25) is 4.79 Å². The van der Waals surface area contributed by atoms with Gasteiger partial charge in [0.25, 0.3) is 0 Å². The van der Waals surface area contributed by atoms with Crippen LogP contribution in [0.4, 0.5) is 14.5 Å². The summed E-state index contributed by atoms with van der Waals surface area (Å²) < 4.78 is 37.0. The summed E-state index contributed by atoms with van der Waals surface area (Å²) in [5.74, 6) is 0.619. The van der Waals surface area contributed by atoms with Gasteiger partial charge in [0, 0.05) is 17.2 Å². The SMILES string of the molecule is O=C(Nc1ccc2c(c1)C(c1ccccc1)Oc1cccc(OC(F)F)c1-2)C1CC1. The molecule has 1 unspecified atom stereocenters. The molecule has 1 aliphatic carbocycles. The first kappa shape index (κ1) is 18.6. The third-order valence-corrected chi connectivity index (χ3v) is 5.37. The molecule has 1 aliphatic heterocycles. The molecule has 5 rings (SSSR count). The molecule has 3 aromatic rings. The molecule has 1 saturated carbocycles. The largest absolute Gasteiger partial charge is 0.480 e. The van der Waals surface area contributed by atoms with Gasteiger partial charge in [0.05, 0.1) is 5.56 Å². The van der Waals surface area contributed by atoms with Crippen LogP contribution in [0.1, 0.15) is 30.1 Å². The van der Waals surface area contributed by atoms with Crippen molar-refractivity contribution in [2.24, 2.45) is 5.92 Å². The molecule has 0 spiro atoms. The molecule has 1 fully saturated rings. The molecule has 1 amide bonds. The lowest BCUT2D eigenvalue weighted by molar-refractivity contribution is -0.117. The fraction of sp³-hybridized carbons (Fsp3) is 0.208. The van der Waals surface area contributed by atoms with E-state index in [0.29, 0.717) is 17.0 Å². The zero-order valence-corrected chi connectivity index (χ0v) is 16.0. The Labute approximate surface area is 172 Å². The third-order valence-electron chi connectivity index (χ3n) is 5.37. The molecular formula is C24H19F2NO3. The van der Waals surface area contributed by atoms with Crippen LogP contribution in [0, 0.1) is 5.92 Å². The van der Waals surface area contributed by atoms with Crippen LogP contribution in [0.15, 0.2) is 66.7 Å². The molecule has 6 heteroatoms. The number of hydrogen-bond donors (Lipinski definition) is 1. The van der Waals surface area contributed by atoms with E-state index in [4.69, 9.17) is 9.47 Å². The van der Waals surface area contributed by atoms with Crippen molar-refractivity contribution in [1.29, 1.82) is 0 Å². The Morgan fingerprint density at radius 3 is 2.57 bits per heavy atom. The topological polar surface area (TPSA) is 47.6 Å². The third kappa shape index (κ3) is 3.49. The number of anilines is 1. The van der Waals surface area contributed by atoms with E-state index in [1.165, 1.54) is 6.07 Å². The van der Waals surface area contributed by atoms with Crippen molar-refractivity contribution < 1.29 is 23.0 Å². The molecular weight excluding hydrogens is 388 g/mol. The van der Waals surface area contributed by atoms with Crippen molar-refractivity contribution in [2.75, 3.05) is 5.32 Å². The normalized spacial score (nSPS) is 17.0. The lowest BCUT2D eigenvalue weighted by Crippen LogP contribution is -2.18. The Balaban J connectivity index is 1.62. The number of hydrogen-bond acceptors (Lipinski definition) is 3. The zero-order chi connectivity index (χ0) is 20.7. The molecule has 4 nitrogen and oxygen atoms in total. The van der Waals surface area contributed by atoms with Crippen molar-refractivity contribution in [1.82, 2.24) is 0 Å². The summed E-state index contributed by atoms with van der Waals surface area (Å²) in [5.41, 5.74) is 3.60. The number of alkyl halides is 2. The Morgan fingerprint density at radius 1 is 1.03 bits per heavy atom. The summed E-state index contributed by atoms with van der Waals surface area (Å²) in [4.78, 5) is 12.2. The summed E-state index contributed by atoms with van der Waals surface area (Å²) >= 11 is 0. The Hall–Kier alpha value is -3.41. The monoisotopic (exact) mass is 407 g/mol. The van der Waals surface area contributed by atoms with Gasteiger partial charge in [-0.1, -0.05) is 42.5 Å². The van der Waals surface area contributed by atoms with E-state index in [1.54, 1.807) is 18.2 Å². The van der Waals surface area contributed by atoms with Gasteiger partial charge in [-0.15, -0.1) is 0 Å². The van der Waals surface area contributed by atoms with Crippen molar-refractivity contribution in [3.63, 3.8) is 0 Å². The van der Waals surface area contributed by atoms with Crippen LogP contribution in [0.25, 0.3) is 11.1 Å². The highest BCUT2D eigenvalue weighted by atomic mass is 19.3. The first-order chi connectivity index (χ1) is 14.6. The Kier molecular flexibility index (Phi) is 4.62. The van der Waals surface area contributed by atoms with Crippen LogP contribution in [-0.4, -0.2) is 12.5 Å². The van der Waals surface area contributed by atoms with Crippen LogP contribution in [0.2, 0.25) is 0 Å². The second-order valence-electron chi connectivity index (χ2n) is 7.48. The van der Waals surface area contributed by atoms with Crippen LogP contribution < -0.4 is 14.8 Å². The van der Waals surface area contributed by atoms with Gasteiger partial charge in [-0.2, -0.15) is 8.78 Å². The lowest BCUT2D eigenvalue weighted by atomic mass is 9.88. The van der Waals surface area contributed by atoms with Gasteiger partial charge in [-0.25, -0.2) is 0 Å². The average molecular weight is 407 g/mol. The minimum absolute atomic E-state index is 0.00469. The number of carbonyl (C=O) groups is 1. The Morgan fingerprint density at radius 2 is 1.83 bits per heavy atom. The minimum atomic E-state index is -2.94. The van der Waals surface area contributed by atoms with Gasteiger partial charge in [0.1, 0.15) is 17.6 Å². The van der Waals surface area contributed by atoms with E-state index in [2.05, 4.69) is 5.32 Å². The van der Waals surface area contributed by atoms with E-state index >= 15 is 0 Å². The maximum Gasteiger partial charge on any atom is 0.387 e. The first-order valence-electron chi connectivity index (χ1n) is 9.85. The lowest BCUT2D eigenvalue weighted by Gasteiger charge is -2.30. The summed E-state index contributed by atoms with van der Waals surface area (Å²) in [6.07, 6.45) is 1.39. The molecule has 3 aromatic carbocycles. The number of nitrogens with one attached hydrogen (secondary N) is 1. The smallest absolute Gasteiger partial charge is 0.387 e. The van der Waals surface area contributed by atoms with Gasteiger partial charge in [-0.05, 0) is 48.2 Å². The fourth-order valence-corrected chi connectivity index (χ4v) is 3.81. The molecule has 0 aromatic heterocycles. The Bertz CT molecular complexity index is 1100. The number of ether oxygens (including phenoxy) is 2. The van der Waals surface area contributed by atoms with Crippen molar-refractivity contribution in [3.8, 4) is 22.6 Å². The average Bonchev–Trinajstić information content (AvgIpc) is 3.59. The highest BCUT2D eigenvalue weighted by Crippen LogP contribution is 2.49. The van der Waals surface area contributed by atoms with Gasteiger partial charge >= 0.3 is 6.61 Å². The van der Waals surface area contributed by atoms with Crippen molar-refractivity contribution in [2.45, 2.75) is 25.6 Å². The number of benzene rings is 3. The van der Waals surface area contributed by atoms with Crippen LogP contribution in [-0.2, 0) is 4.79 Å². The predicted molar refractivity (Wildman–Crippen MR) is 109 cm³/mol. The molecule has 152 valence electrons.